The lowest BCUT2D eigenvalue weighted by Crippen LogP contribution is -2.34. The lowest BCUT2D eigenvalue weighted by atomic mass is 9.88. The molecule has 0 radical (unpaired) electrons. The summed E-state index contributed by atoms with van der Waals surface area (Å²) in [5.41, 5.74) is 3.43. The van der Waals surface area contributed by atoms with Crippen LogP contribution >= 0.6 is 0 Å². The summed E-state index contributed by atoms with van der Waals surface area (Å²) < 4.78 is 5.64. The third-order valence-corrected chi connectivity index (χ3v) is 7.65. The fourth-order valence-electron chi connectivity index (χ4n) is 5.65. The van der Waals surface area contributed by atoms with Crippen LogP contribution in [0.3, 0.4) is 0 Å². The summed E-state index contributed by atoms with van der Waals surface area (Å²) in [4.78, 5) is 14.8. The third kappa shape index (κ3) is 4.56. The molecule has 2 fully saturated rings. The zero-order valence-electron chi connectivity index (χ0n) is 20.4. The minimum absolute atomic E-state index is 0.134. The number of likely N-dealkylation sites (N-methyl/N-ethyl adjacent to an activating group) is 1. The fourth-order valence-corrected chi connectivity index (χ4v) is 5.65. The van der Waals surface area contributed by atoms with Gasteiger partial charge >= 0.3 is 0 Å². The summed E-state index contributed by atoms with van der Waals surface area (Å²) in [6.45, 7) is 2.67. The quantitative estimate of drug-likeness (QED) is 0.529. The van der Waals surface area contributed by atoms with Gasteiger partial charge in [-0.25, -0.2) is 9.97 Å². The summed E-state index contributed by atoms with van der Waals surface area (Å²) in [5.74, 6) is 4.06. The van der Waals surface area contributed by atoms with Gasteiger partial charge in [0.25, 0.3) is 0 Å². The Kier molecular flexibility index (Phi) is 6.86. The van der Waals surface area contributed by atoms with Crippen LogP contribution in [0.2, 0.25) is 0 Å². The van der Waals surface area contributed by atoms with Crippen LogP contribution in [0.25, 0.3) is 10.9 Å². The van der Waals surface area contributed by atoms with Crippen molar-refractivity contribution in [3.63, 3.8) is 0 Å². The van der Waals surface area contributed by atoms with E-state index in [0.717, 1.165) is 59.9 Å². The molecule has 2 aliphatic rings. The molecule has 0 spiro atoms. The molecule has 1 N–H and O–H groups in total. The summed E-state index contributed by atoms with van der Waals surface area (Å²) in [6.07, 6.45) is 7.09. The molecule has 1 saturated heterocycles. The zero-order chi connectivity index (χ0) is 23.5. The maximum absolute atomic E-state index is 9.40. The van der Waals surface area contributed by atoms with Crippen molar-refractivity contribution in [2.45, 2.75) is 50.4 Å². The van der Waals surface area contributed by atoms with Gasteiger partial charge in [-0.1, -0.05) is 31.0 Å². The molecular weight excluding hydrogens is 424 g/mol. The maximum Gasteiger partial charge on any atom is 0.140 e. The average Bonchev–Trinajstić information content (AvgIpc) is 3.43. The number of benzene rings is 2. The summed E-state index contributed by atoms with van der Waals surface area (Å²) >= 11 is 0. The molecule has 2 heterocycles. The van der Waals surface area contributed by atoms with Gasteiger partial charge in [-0.15, -0.1) is 0 Å². The molecule has 0 atom stereocenters. The monoisotopic (exact) mass is 460 g/mol. The van der Waals surface area contributed by atoms with Crippen molar-refractivity contribution in [2.24, 2.45) is 0 Å². The number of ether oxygens (including phenoxy) is 1. The van der Waals surface area contributed by atoms with E-state index in [2.05, 4.69) is 46.2 Å². The molecule has 180 valence electrons. The fraction of sp³-hybridized carbons (Fsp3) is 0.500. The van der Waals surface area contributed by atoms with Gasteiger partial charge in [0.1, 0.15) is 17.4 Å². The molecule has 1 saturated carbocycles. The lowest BCUT2D eigenvalue weighted by molar-refractivity contribution is 0.304. The Hall–Kier alpha value is -2.86. The Morgan fingerprint density at radius 1 is 1.00 bits per heavy atom. The number of fused-ring (bicyclic) bond motifs is 1. The van der Waals surface area contributed by atoms with Crippen molar-refractivity contribution < 1.29 is 9.84 Å². The first-order valence-electron chi connectivity index (χ1n) is 12.7. The molecule has 1 aliphatic heterocycles. The van der Waals surface area contributed by atoms with Crippen LogP contribution in [-0.2, 0) is 0 Å². The number of para-hydroxylation sites is 1. The van der Waals surface area contributed by atoms with Gasteiger partial charge < -0.3 is 19.6 Å². The number of aromatic nitrogens is 2. The predicted octanol–water partition coefficient (Wildman–Crippen LogP) is 5.11. The van der Waals surface area contributed by atoms with Crippen molar-refractivity contribution in [1.29, 1.82) is 0 Å². The smallest absolute Gasteiger partial charge is 0.140 e. The minimum Gasteiger partial charge on any atom is -0.496 e. The second-order valence-corrected chi connectivity index (χ2v) is 9.74. The first kappa shape index (κ1) is 22.9. The van der Waals surface area contributed by atoms with Gasteiger partial charge in [-0.3, -0.25) is 0 Å². The molecule has 0 bridgehead atoms. The molecule has 5 rings (SSSR count). The van der Waals surface area contributed by atoms with E-state index < -0.39 is 0 Å². The number of nitrogens with zero attached hydrogens (tertiary/aromatic N) is 4. The molecule has 6 heteroatoms. The van der Waals surface area contributed by atoms with E-state index in [4.69, 9.17) is 14.7 Å². The van der Waals surface area contributed by atoms with Crippen LogP contribution < -0.4 is 14.5 Å². The van der Waals surface area contributed by atoms with Gasteiger partial charge in [0, 0.05) is 43.7 Å². The van der Waals surface area contributed by atoms with Crippen molar-refractivity contribution >= 4 is 22.4 Å². The Balaban J connectivity index is 1.47. The predicted molar refractivity (Wildman–Crippen MR) is 138 cm³/mol. The number of hydrogen-bond acceptors (Lipinski definition) is 6. The number of hydrogen-bond donors (Lipinski definition) is 1. The maximum atomic E-state index is 9.40. The molecule has 1 aromatic heterocycles. The van der Waals surface area contributed by atoms with E-state index in [9.17, 15) is 5.11 Å². The number of aliphatic hydroxyl groups excluding tert-OH is 1. The van der Waals surface area contributed by atoms with Crippen LogP contribution in [0, 0.1) is 0 Å². The Bertz CT molecular complexity index is 1120. The van der Waals surface area contributed by atoms with Gasteiger partial charge in [-0.2, -0.15) is 0 Å². The minimum atomic E-state index is 0.134. The highest BCUT2D eigenvalue weighted by atomic mass is 16.5. The summed E-state index contributed by atoms with van der Waals surface area (Å²) in [5, 5.41) is 10.5. The van der Waals surface area contributed by atoms with E-state index in [1.54, 1.807) is 7.11 Å². The normalized spacial score (nSPS) is 17.4. The molecular formula is C28H36N4O2. The molecule has 2 aromatic carbocycles. The lowest BCUT2D eigenvalue weighted by Gasteiger charge is -2.34. The molecule has 1 aliphatic carbocycles. The second kappa shape index (κ2) is 10.2. The summed E-state index contributed by atoms with van der Waals surface area (Å²) in [6, 6.07) is 14.9. The molecule has 34 heavy (non-hydrogen) atoms. The van der Waals surface area contributed by atoms with E-state index in [0.29, 0.717) is 18.4 Å². The summed E-state index contributed by atoms with van der Waals surface area (Å²) in [7, 11) is 3.78. The number of methoxy groups -OCH3 is 1. The Labute approximate surface area is 202 Å². The van der Waals surface area contributed by atoms with Crippen LogP contribution in [0.1, 0.15) is 61.7 Å². The van der Waals surface area contributed by atoms with Crippen molar-refractivity contribution in [3.05, 3.63) is 53.9 Å². The first-order valence-corrected chi connectivity index (χ1v) is 12.7. The topological polar surface area (TPSA) is 61.7 Å². The van der Waals surface area contributed by atoms with Gasteiger partial charge in [0.2, 0.25) is 0 Å². The highest BCUT2D eigenvalue weighted by Gasteiger charge is 2.27. The third-order valence-electron chi connectivity index (χ3n) is 7.65. The number of anilines is 2. The van der Waals surface area contributed by atoms with Crippen LogP contribution in [0.5, 0.6) is 5.75 Å². The molecule has 0 unspecified atom stereocenters. The first-order chi connectivity index (χ1) is 16.7. The second-order valence-electron chi connectivity index (χ2n) is 9.74. The average molecular weight is 461 g/mol. The standard InChI is InChI=1S/C28H36N4O2/c1-31(17-18-33)22-11-12-25-24(19-22)28(30-27(29-25)21-7-3-4-8-21)32-15-13-20(14-16-32)23-9-5-6-10-26(23)34-2/h5-6,9-12,19-21,33H,3-4,7-8,13-18H2,1-2H3. The number of piperidine rings is 1. The zero-order valence-corrected chi connectivity index (χ0v) is 20.4. The van der Waals surface area contributed by atoms with Crippen molar-refractivity contribution in [1.82, 2.24) is 9.97 Å². The van der Waals surface area contributed by atoms with E-state index in [1.165, 1.54) is 31.2 Å². The Morgan fingerprint density at radius 2 is 1.76 bits per heavy atom. The number of aliphatic hydroxyl groups is 1. The highest BCUT2D eigenvalue weighted by molar-refractivity contribution is 5.92. The SMILES string of the molecule is COc1ccccc1C1CCN(c2nc(C3CCCC3)nc3ccc(N(C)CCO)cc23)CC1. The van der Waals surface area contributed by atoms with Gasteiger partial charge in [0.05, 0.1) is 19.2 Å². The van der Waals surface area contributed by atoms with E-state index >= 15 is 0 Å². The van der Waals surface area contributed by atoms with Crippen LogP contribution in [0.4, 0.5) is 11.5 Å². The highest BCUT2D eigenvalue weighted by Crippen LogP contribution is 2.39. The molecule has 6 nitrogen and oxygen atoms in total. The van der Waals surface area contributed by atoms with E-state index in [1.807, 2.05) is 13.1 Å². The largest absolute Gasteiger partial charge is 0.496 e. The van der Waals surface area contributed by atoms with Gasteiger partial charge in [0.15, 0.2) is 0 Å². The van der Waals surface area contributed by atoms with E-state index in [-0.39, 0.29) is 6.61 Å². The van der Waals surface area contributed by atoms with Crippen molar-refractivity contribution in [3.8, 4) is 5.75 Å². The van der Waals surface area contributed by atoms with Crippen molar-refractivity contribution in [2.75, 3.05) is 50.2 Å². The van der Waals surface area contributed by atoms with Crippen LogP contribution in [-0.4, -0.2) is 55.5 Å². The Morgan fingerprint density at radius 3 is 2.50 bits per heavy atom. The molecule has 3 aromatic rings. The number of rotatable bonds is 7. The van der Waals surface area contributed by atoms with Crippen LogP contribution in [0.15, 0.2) is 42.5 Å². The van der Waals surface area contributed by atoms with Gasteiger partial charge in [-0.05, 0) is 61.4 Å². The molecule has 0 amide bonds.